The highest BCUT2D eigenvalue weighted by atomic mass is 16.1. The molecule has 0 aliphatic rings. The Morgan fingerprint density at radius 1 is 0.850 bits per heavy atom. The van der Waals surface area contributed by atoms with Gasteiger partial charge in [-0.15, -0.1) is 0 Å². The van der Waals surface area contributed by atoms with Crippen LogP contribution in [0.15, 0.2) is 48.5 Å². The summed E-state index contributed by atoms with van der Waals surface area (Å²) in [6.07, 6.45) is 1.49. The molecular weight excluding hydrogens is 250 g/mol. The summed E-state index contributed by atoms with van der Waals surface area (Å²) in [7, 11) is 0. The Balaban J connectivity index is 2.07. The van der Waals surface area contributed by atoms with Gasteiger partial charge in [-0.2, -0.15) is 0 Å². The maximum absolute atomic E-state index is 10.5. The minimum absolute atomic E-state index is 0.518. The van der Waals surface area contributed by atoms with Crippen LogP contribution in [0.25, 0.3) is 0 Å². The van der Waals surface area contributed by atoms with Gasteiger partial charge in [-0.25, -0.2) is 0 Å². The molecule has 0 fully saturated rings. The average Bonchev–Trinajstić information content (AvgIpc) is 2.52. The van der Waals surface area contributed by atoms with Crippen LogP contribution in [-0.2, 0) is 11.3 Å². The van der Waals surface area contributed by atoms with E-state index in [1.165, 1.54) is 0 Å². The van der Waals surface area contributed by atoms with E-state index in [-0.39, 0.29) is 0 Å². The quantitative estimate of drug-likeness (QED) is 0.678. The third-order valence-corrected chi connectivity index (χ3v) is 2.74. The van der Waals surface area contributed by atoms with Gasteiger partial charge in [0.25, 0.3) is 0 Å². The van der Waals surface area contributed by atoms with Crippen molar-refractivity contribution in [2.45, 2.75) is 6.54 Å². The summed E-state index contributed by atoms with van der Waals surface area (Å²) in [5.41, 5.74) is 3.43. The molecule has 1 amide bonds. The van der Waals surface area contributed by atoms with Crippen molar-refractivity contribution in [3.8, 4) is 11.8 Å². The zero-order valence-corrected chi connectivity index (χ0v) is 10.8. The second-order valence-corrected chi connectivity index (χ2v) is 4.19. The van der Waals surface area contributed by atoms with Crippen molar-refractivity contribution in [3.05, 3.63) is 70.8 Å². The highest BCUT2D eigenvalue weighted by Crippen LogP contribution is 2.04. The molecule has 0 saturated heterocycles. The Morgan fingerprint density at radius 2 is 1.40 bits per heavy atom. The number of rotatable bonds is 4. The molecule has 0 bridgehead atoms. The van der Waals surface area contributed by atoms with Gasteiger partial charge in [-0.3, -0.25) is 9.59 Å². The Hall–Kier alpha value is -2.86. The summed E-state index contributed by atoms with van der Waals surface area (Å²) >= 11 is 0. The highest BCUT2D eigenvalue weighted by Gasteiger charge is 1.92. The molecule has 0 aliphatic carbocycles. The number of aldehydes is 1. The van der Waals surface area contributed by atoms with Crippen LogP contribution in [0.4, 0.5) is 0 Å². The zero-order chi connectivity index (χ0) is 14.2. The molecule has 0 radical (unpaired) electrons. The lowest BCUT2D eigenvalue weighted by Crippen LogP contribution is -2.09. The molecule has 3 nitrogen and oxygen atoms in total. The van der Waals surface area contributed by atoms with Crippen molar-refractivity contribution in [2.24, 2.45) is 0 Å². The monoisotopic (exact) mass is 263 g/mol. The lowest BCUT2D eigenvalue weighted by atomic mass is 10.1. The van der Waals surface area contributed by atoms with Crippen LogP contribution in [0.2, 0.25) is 0 Å². The fourth-order valence-electron chi connectivity index (χ4n) is 1.65. The van der Waals surface area contributed by atoms with Crippen LogP contribution in [-0.4, -0.2) is 12.7 Å². The Kier molecular flexibility index (Phi) is 4.69. The van der Waals surface area contributed by atoms with E-state index < -0.39 is 0 Å². The van der Waals surface area contributed by atoms with E-state index in [4.69, 9.17) is 0 Å². The molecule has 2 aromatic rings. The van der Waals surface area contributed by atoms with Crippen LogP contribution < -0.4 is 5.32 Å². The Morgan fingerprint density at radius 3 is 1.90 bits per heavy atom. The van der Waals surface area contributed by atoms with Gasteiger partial charge in [0.05, 0.1) is 0 Å². The first-order chi connectivity index (χ1) is 9.81. The second kappa shape index (κ2) is 6.91. The van der Waals surface area contributed by atoms with Gasteiger partial charge in [0, 0.05) is 23.2 Å². The second-order valence-electron chi connectivity index (χ2n) is 4.19. The Labute approximate surface area is 117 Å². The third kappa shape index (κ3) is 3.82. The molecule has 1 N–H and O–H groups in total. The summed E-state index contributed by atoms with van der Waals surface area (Å²) < 4.78 is 0. The maximum Gasteiger partial charge on any atom is 0.207 e. The number of benzene rings is 2. The van der Waals surface area contributed by atoms with E-state index in [0.717, 1.165) is 23.0 Å². The van der Waals surface area contributed by atoms with Crippen molar-refractivity contribution in [1.29, 1.82) is 0 Å². The number of amides is 1. The van der Waals surface area contributed by atoms with Gasteiger partial charge in [0.1, 0.15) is 6.29 Å². The van der Waals surface area contributed by atoms with E-state index in [2.05, 4.69) is 17.2 Å². The van der Waals surface area contributed by atoms with Crippen LogP contribution in [0.1, 0.15) is 27.0 Å². The summed E-state index contributed by atoms with van der Waals surface area (Å²) in [6.45, 7) is 0.518. The SMILES string of the molecule is O=CNCc1ccc(C#Cc2ccc(C=O)cc2)cc1. The molecule has 2 aromatic carbocycles. The molecule has 0 aromatic heterocycles. The number of nitrogens with one attached hydrogen (secondary N) is 1. The summed E-state index contributed by atoms with van der Waals surface area (Å²) in [5, 5.41) is 2.61. The largest absolute Gasteiger partial charge is 0.355 e. The first kappa shape index (κ1) is 13.6. The number of carbonyl (C=O) groups is 2. The molecule has 0 aliphatic heterocycles. The molecule has 0 saturated carbocycles. The maximum atomic E-state index is 10.5. The van der Waals surface area contributed by atoms with Gasteiger partial charge in [0.2, 0.25) is 6.41 Å². The lowest BCUT2D eigenvalue weighted by Gasteiger charge is -1.99. The Bertz CT molecular complexity index is 646. The normalized spacial score (nSPS) is 9.20. The van der Waals surface area contributed by atoms with Crippen LogP contribution in [0.5, 0.6) is 0 Å². The number of hydrogen-bond donors (Lipinski definition) is 1. The van der Waals surface area contributed by atoms with Gasteiger partial charge < -0.3 is 5.32 Å². The van der Waals surface area contributed by atoms with Crippen molar-refractivity contribution < 1.29 is 9.59 Å². The van der Waals surface area contributed by atoms with Gasteiger partial charge >= 0.3 is 0 Å². The molecule has 98 valence electrons. The lowest BCUT2D eigenvalue weighted by molar-refractivity contribution is -0.109. The predicted octanol–water partition coefficient (Wildman–Crippen LogP) is 2.14. The van der Waals surface area contributed by atoms with E-state index in [1.54, 1.807) is 12.1 Å². The number of hydrogen-bond acceptors (Lipinski definition) is 2. The third-order valence-electron chi connectivity index (χ3n) is 2.74. The molecule has 0 atom stereocenters. The molecular formula is C17H13NO2. The zero-order valence-electron chi connectivity index (χ0n) is 10.8. The molecule has 3 heteroatoms. The van der Waals surface area contributed by atoms with Crippen LogP contribution in [0.3, 0.4) is 0 Å². The summed E-state index contributed by atoms with van der Waals surface area (Å²) in [4.78, 5) is 20.7. The van der Waals surface area contributed by atoms with E-state index >= 15 is 0 Å². The summed E-state index contributed by atoms with van der Waals surface area (Å²) in [6, 6.07) is 14.8. The minimum Gasteiger partial charge on any atom is -0.355 e. The molecule has 0 unspecified atom stereocenters. The summed E-state index contributed by atoms with van der Waals surface area (Å²) in [5.74, 6) is 6.09. The van der Waals surface area contributed by atoms with E-state index in [1.807, 2.05) is 36.4 Å². The molecule has 0 heterocycles. The van der Waals surface area contributed by atoms with Gasteiger partial charge in [0.15, 0.2) is 0 Å². The first-order valence-corrected chi connectivity index (χ1v) is 6.15. The van der Waals surface area contributed by atoms with Gasteiger partial charge in [-0.05, 0) is 29.8 Å². The van der Waals surface area contributed by atoms with E-state index in [9.17, 15) is 9.59 Å². The molecule has 0 spiro atoms. The standard InChI is InChI=1S/C17H13NO2/c19-12-17-9-5-15(6-10-17)2-1-14-3-7-16(8-4-14)11-18-13-20/h3-10,12-13H,11H2,(H,18,20). The molecule has 2 rings (SSSR count). The average molecular weight is 263 g/mol. The number of carbonyl (C=O) groups excluding carboxylic acids is 2. The minimum atomic E-state index is 0.518. The first-order valence-electron chi connectivity index (χ1n) is 6.15. The molecule has 20 heavy (non-hydrogen) atoms. The fourth-order valence-corrected chi connectivity index (χ4v) is 1.65. The fraction of sp³-hybridized carbons (Fsp3) is 0.0588. The predicted molar refractivity (Wildman–Crippen MR) is 77.2 cm³/mol. The van der Waals surface area contributed by atoms with Crippen molar-refractivity contribution in [1.82, 2.24) is 5.32 Å². The van der Waals surface area contributed by atoms with E-state index in [0.29, 0.717) is 18.5 Å². The van der Waals surface area contributed by atoms with Crippen molar-refractivity contribution in [2.75, 3.05) is 0 Å². The van der Waals surface area contributed by atoms with Gasteiger partial charge in [-0.1, -0.05) is 36.1 Å². The van der Waals surface area contributed by atoms with Crippen molar-refractivity contribution >= 4 is 12.7 Å². The van der Waals surface area contributed by atoms with Crippen molar-refractivity contribution in [3.63, 3.8) is 0 Å². The highest BCUT2D eigenvalue weighted by molar-refractivity contribution is 5.74. The van der Waals surface area contributed by atoms with Crippen LogP contribution >= 0.6 is 0 Å². The smallest absolute Gasteiger partial charge is 0.207 e. The van der Waals surface area contributed by atoms with Crippen LogP contribution in [0, 0.1) is 11.8 Å². The topological polar surface area (TPSA) is 46.2 Å².